The van der Waals surface area contributed by atoms with E-state index >= 15 is 0 Å². The monoisotopic (exact) mass is 1190 g/mol. The minimum absolute atomic E-state index is 0.0987. The molecule has 1 aliphatic heterocycles. The standard InChI is InChI=1S/C74H129NO10/c1-4-7-10-13-16-19-22-24-26-28-30-32-33-34-36-37-39-41-43-46-49-52-55-58-61-67(78)73(82)75-65(66(77)60-57-54-51-48-45-21-18-15-12-9-6-3)64-83-74-72(71(81)70(80)68(63-76)84-74)85-69(79)62-59-56-53-50-47-44-42-40-38-35-31-29-27-25-23-20-17-14-11-8-5-2/h16-17,19-20,24-27,30-32,35,40,42,57,60,65-68,70-72,74,76-78,80-81H,4-15,18,21-23,28-29,33-34,36-39,41,43-56,58-59,61-64H2,1-3H3,(H,75,82)/b19-16-,20-17-,26-24-,27-25-,32-30-,35-31-,42-40-,60-57+. The Hall–Kier alpha value is -3.42. The van der Waals surface area contributed by atoms with E-state index in [2.05, 4.69) is 111 Å². The summed E-state index contributed by atoms with van der Waals surface area (Å²) in [6.45, 7) is 5.73. The summed E-state index contributed by atoms with van der Waals surface area (Å²) in [7, 11) is 0. The van der Waals surface area contributed by atoms with Crippen LogP contribution in [0.25, 0.3) is 0 Å². The van der Waals surface area contributed by atoms with Crippen LogP contribution < -0.4 is 5.32 Å². The first-order valence-corrected chi connectivity index (χ1v) is 35.0. The van der Waals surface area contributed by atoms with Crippen molar-refractivity contribution in [3.8, 4) is 0 Å². The maximum atomic E-state index is 13.5. The molecule has 1 heterocycles. The van der Waals surface area contributed by atoms with E-state index in [1.807, 2.05) is 6.08 Å². The molecule has 0 spiro atoms. The van der Waals surface area contributed by atoms with Crippen molar-refractivity contribution in [1.82, 2.24) is 5.32 Å². The molecular weight excluding hydrogens is 1060 g/mol. The van der Waals surface area contributed by atoms with Gasteiger partial charge in [-0.1, -0.05) is 279 Å². The fraction of sp³-hybridized carbons (Fsp3) is 0.757. The van der Waals surface area contributed by atoms with Gasteiger partial charge in [-0.25, -0.2) is 0 Å². The molecule has 8 unspecified atom stereocenters. The van der Waals surface area contributed by atoms with Crippen LogP contribution in [-0.2, 0) is 23.8 Å². The van der Waals surface area contributed by atoms with Crippen LogP contribution in [0.5, 0.6) is 0 Å². The molecule has 11 nitrogen and oxygen atoms in total. The highest BCUT2D eigenvalue weighted by molar-refractivity contribution is 5.80. The van der Waals surface area contributed by atoms with Gasteiger partial charge in [0.25, 0.3) is 0 Å². The molecule has 85 heavy (non-hydrogen) atoms. The predicted octanol–water partition coefficient (Wildman–Crippen LogP) is 17.8. The van der Waals surface area contributed by atoms with Crippen LogP contribution >= 0.6 is 0 Å². The van der Waals surface area contributed by atoms with Gasteiger partial charge in [-0.2, -0.15) is 0 Å². The van der Waals surface area contributed by atoms with E-state index < -0.39 is 67.4 Å². The lowest BCUT2D eigenvalue weighted by Crippen LogP contribution is -2.61. The topological polar surface area (TPSA) is 175 Å². The van der Waals surface area contributed by atoms with Crippen LogP contribution in [-0.4, -0.2) is 99.6 Å². The molecule has 0 bridgehead atoms. The number of amides is 1. The van der Waals surface area contributed by atoms with Crippen LogP contribution in [0.15, 0.2) is 97.2 Å². The Labute approximate surface area is 520 Å². The normalized spacial score (nSPS) is 19.0. The summed E-state index contributed by atoms with van der Waals surface area (Å²) in [5.74, 6) is -1.22. The number of nitrogens with one attached hydrogen (secondary N) is 1. The highest BCUT2D eigenvalue weighted by Gasteiger charge is 2.47. The first kappa shape index (κ1) is 79.6. The van der Waals surface area contributed by atoms with Crippen molar-refractivity contribution in [1.29, 1.82) is 0 Å². The van der Waals surface area contributed by atoms with E-state index in [1.165, 1.54) is 141 Å². The van der Waals surface area contributed by atoms with Crippen LogP contribution in [0.4, 0.5) is 0 Å². The molecule has 0 aliphatic carbocycles. The summed E-state index contributed by atoms with van der Waals surface area (Å²) >= 11 is 0. The average Bonchev–Trinajstić information content (AvgIpc) is 2.91. The van der Waals surface area contributed by atoms with Gasteiger partial charge in [-0.15, -0.1) is 0 Å². The zero-order chi connectivity index (χ0) is 61.7. The third kappa shape index (κ3) is 48.2. The predicted molar refractivity (Wildman–Crippen MR) is 356 cm³/mol. The SMILES string of the molecule is CCCCC/C=C\C/C=C\C/C=C\C/C=C\CCCCCCCC(=O)OC1C(OCC(NC(=O)C(O)CCCCCCCCCCCCC/C=C\C/C=C\C/C=C\CCCCC)C(O)/C=C/CCCCCCCCCCC)OC(CO)C(O)C1O. The van der Waals surface area contributed by atoms with Gasteiger partial charge >= 0.3 is 5.97 Å². The number of carbonyl (C=O) groups excluding carboxylic acids is 2. The van der Waals surface area contributed by atoms with E-state index in [4.69, 9.17) is 14.2 Å². The molecule has 0 radical (unpaired) electrons. The summed E-state index contributed by atoms with van der Waals surface area (Å²) in [5.41, 5.74) is 0. The number of hydrogen-bond acceptors (Lipinski definition) is 10. The number of rotatable bonds is 59. The largest absolute Gasteiger partial charge is 0.454 e. The Morgan fingerprint density at radius 3 is 1.24 bits per heavy atom. The van der Waals surface area contributed by atoms with E-state index in [-0.39, 0.29) is 19.4 Å². The van der Waals surface area contributed by atoms with E-state index in [0.717, 1.165) is 109 Å². The van der Waals surface area contributed by atoms with Crippen molar-refractivity contribution in [3.05, 3.63) is 97.2 Å². The first-order chi connectivity index (χ1) is 41.7. The van der Waals surface area contributed by atoms with Gasteiger partial charge in [-0.05, 0) is 109 Å². The molecule has 8 atom stereocenters. The highest BCUT2D eigenvalue weighted by atomic mass is 16.7. The van der Waals surface area contributed by atoms with Crippen LogP contribution in [0.2, 0.25) is 0 Å². The third-order valence-corrected chi connectivity index (χ3v) is 16.0. The molecule has 1 aliphatic rings. The highest BCUT2D eigenvalue weighted by Crippen LogP contribution is 2.26. The van der Waals surface area contributed by atoms with Crippen LogP contribution in [0.3, 0.4) is 0 Å². The Morgan fingerprint density at radius 1 is 0.459 bits per heavy atom. The molecule has 11 heteroatoms. The lowest BCUT2D eigenvalue weighted by molar-refractivity contribution is -0.305. The molecule has 0 aromatic heterocycles. The minimum atomic E-state index is -1.63. The van der Waals surface area contributed by atoms with Crippen molar-refractivity contribution in [3.63, 3.8) is 0 Å². The van der Waals surface area contributed by atoms with E-state index in [9.17, 15) is 35.1 Å². The minimum Gasteiger partial charge on any atom is -0.454 e. The lowest BCUT2D eigenvalue weighted by Gasteiger charge is -2.41. The number of aliphatic hydroxyl groups is 5. The smallest absolute Gasteiger partial charge is 0.306 e. The Balaban J connectivity index is 2.59. The summed E-state index contributed by atoms with van der Waals surface area (Å²) in [6.07, 6.45) is 71.5. The molecular formula is C74H129NO10. The zero-order valence-electron chi connectivity index (χ0n) is 54.5. The molecule has 1 amide bonds. The van der Waals surface area contributed by atoms with Crippen molar-refractivity contribution in [2.45, 2.75) is 346 Å². The zero-order valence-corrected chi connectivity index (χ0v) is 54.5. The van der Waals surface area contributed by atoms with E-state index in [1.54, 1.807) is 6.08 Å². The second-order valence-corrected chi connectivity index (χ2v) is 23.9. The molecule has 1 saturated heterocycles. The maximum Gasteiger partial charge on any atom is 0.306 e. The molecule has 0 aromatic carbocycles. The van der Waals surface area contributed by atoms with Gasteiger partial charge in [0.05, 0.1) is 25.4 Å². The Kier molecular flexibility index (Phi) is 57.0. The van der Waals surface area contributed by atoms with Crippen molar-refractivity contribution in [2.75, 3.05) is 13.2 Å². The summed E-state index contributed by atoms with van der Waals surface area (Å²) in [5, 5.41) is 57.2. The van der Waals surface area contributed by atoms with Gasteiger partial charge < -0.3 is 45.1 Å². The van der Waals surface area contributed by atoms with Gasteiger partial charge in [0.15, 0.2) is 12.4 Å². The quantitative estimate of drug-likeness (QED) is 0.0195. The van der Waals surface area contributed by atoms with Gasteiger partial charge in [0.2, 0.25) is 5.91 Å². The van der Waals surface area contributed by atoms with Crippen molar-refractivity contribution in [2.24, 2.45) is 0 Å². The molecule has 1 fully saturated rings. The number of ether oxygens (including phenoxy) is 3. The molecule has 0 aromatic rings. The first-order valence-electron chi connectivity index (χ1n) is 35.0. The van der Waals surface area contributed by atoms with Gasteiger partial charge in [0, 0.05) is 6.42 Å². The van der Waals surface area contributed by atoms with Crippen molar-refractivity contribution < 1.29 is 49.3 Å². The molecule has 6 N–H and O–H groups in total. The lowest BCUT2D eigenvalue weighted by atomic mass is 9.99. The van der Waals surface area contributed by atoms with Crippen LogP contribution in [0, 0.1) is 0 Å². The second kappa shape index (κ2) is 60.8. The number of esters is 1. The second-order valence-electron chi connectivity index (χ2n) is 23.9. The molecule has 490 valence electrons. The fourth-order valence-corrected chi connectivity index (χ4v) is 10.4. The number of allylic oxidation sites excluding steroid dienone is 15. The Morgan fingerprint density at radius 2 is 0.812 bits per heavy atom. The average molecular weight is 1190 g/mol. The summed E-state index contributed by atoms with van der Waals surface area (Å²) in [4.78, 5) is 26.6. The van der Waals surface area contributed by atoms with Crippen molar-refractivity contribution >= 4 is 11.9 Å². The number of hydrogen-bond donors (Lipinski definition) is 6. The number of aliphatic hydroxyl groups excluding tert-OH is 5. The van der Waals surface area contributed by atoms with Gasteiger partial charge in [0.1, 0.15) is 24.4 Å². The van der Waals surface area contributed by atoms with Crippen LogP contribution in [0.1, 0.15) is 297 Å². The fourth-order valence-electron chi connectivity index (χ4n) is 10.4. The number of unbranched alkanes of at least 4 members (excludes halogenated alkanes) is 31. The maximum absolute atomic E-state index is 13.5. The number of carbonyl (C=O) groups is 2. The molecule has 1 rings (SSSR count). The third-order valence-electron chi connectivity index (χ3n) is 16.0. The summed E-state index contributed by atoms with van der Waals surface area (Å²) in [6, 6.07) is -1.03. The Bertz CT molecular complexity index is 1750. The van der Waals surface area contributed by atoms with Gasteiger partial charge in [-0.3, -0.25) is 9.59 Å². The molecule has 0 saturated carbocycles. The van der Waals surface area contributed by atoms with E-state index in [0.29, 0.717) is 12.8 Å². The summed E-state index contributed by atoms with van der Waals surface area (Å²) < 4.78 is 17.7.